The minimum Gasteiger partial charge on any atom is -0.496 e. The van der Waals surface area contributed by atoms with Crippen LogP contribution in [0.5, 0.6) is 5.75 Å². The van der Waals surface area contributed by atoms with Crippen molar-refractivity contribution in [3.8, 4) is 11.4 Å². The van der Waals surface area contributed by atoms with Gasteiger partial charge in [-0.1, -0.05) is 36.4 Å². The van der Waals surface area contributed by atoms with E-state index in [1.165, 1.54) is 19.2 Å². The van der Waals surface area contributed by atoms with Gasteiger partial charge in [-0.15, -0.1) is 0 Å². The van der Waals surface area contributed by atoms with E-state index in [1.807, 2.05) is 18.2 Å². The van der Waals surface area contributed by atoms with Gasteiger partial charge in [-0.3, -0.25) is 4.79 Å². The lowest BCUT2D eigenvalue weighted by atomic mass is 10.1. The lowest BCUT2D eigenvalue weighted by Crippen LogP contribution is -2.28. The number of amides is 1. The van der Waals surface area contributed by atoms with Gasteiger partial charge in [0.15, 0.2) is 5.69 Å². The number of aromatic nitrogens is 2. The van der Waals surface area contributed by atoms with Crippen LogP contribution in [0.2, 0.25) is 0 Å². The average molecular weight is 389 g/mol. The van der Waals surface area contributed by atoms with Gasteiger partial charge < -0.3 is 10.1 Å². The van der Waals surface area contributed by atoms with Crippen molar-refractivity contribution in [1.29, 1.82) is 0 Å². The zero-order valence-corrected chi connectivity index (χ0v) is 15.0. The minimum absolute atomic E-state index is 0.160. The van der Waals surface area contributed by atoms with Gasteiger partial charge in [-0.05, 0) is 30.2 Å². The molecule has 0 spiro atoms. The minimum atomic E-state index is -4.73. The zero-order chi connectivity index (χ0) is 20.1. The van der Waals surface area contributed by atoms with Crippen molar-refractivity contribution >= 4 is 5.91 Å². The molecule has 1 amide bonds. The number of hydrogen-bond donors (Lipinski definition) is 1. The molecule has 1 N–H and O–H groups in total. The largest absolute Gasteiger partial charge is 0.496 e. The molecule has 1 heterocycles. The zero-order valence-electron chi connectivity index (χ0n) is 15.0. The molecule has 3 aromatic rings. The molecule has 0 fully saturated rings. The van der Waals surface area contributed by atoms with Crippen molar-refractivity contribution in [2.45, 2.75) is 12.6 Å². The van der Waals surface area contributed by atoms with E-state index < -0.39 is 23.3 Å². The summed E-state index contributed by atoms with van der Waals surface area (Å²) in [5, 5.41) is 6.31. The number of carbonyl (C=O) groups is 1. The van der Waals surface area contributed by atoms with Crippen LogP contribution in [0.25, 0.3) is 5.69 Å². The van der Waals surface area contributed by atoms with Gasteiger partial charge in [-0.25, -0.2) is 4.68 Å². The lowest BCUT2D eigenvalue weighted by Gasteiger charge is -2.13. The molecular formula is C20H18F3N3O2. The molecule has 0 unspecified atom stereocenters. The first kappa shape index (κ1) is 19.5. The molecule has 3 rings (SSSR count). The highest BCUT2D eigenvalue weighted by molar-refractivity contribution is 5.95. The molecule has 0 bridgehead atoms. The van der Waals surface area contributed by atoms with Gasteiger partial charge in [0.2, 0.25) is 0 Å². The van der Waals surface area contributed by atoms with E-state index in [2.05, 4.69) is 10.4 Å². The molecule has 0 aliphatic heterocycles. The molecule has 0 aliphatic carbocycles. The Morgan fingerprint density at radius 3 is 2.46 bits per heavy atom. The molecule has 0 saturated heterocycles. The van der Waals surface area contributed by atoms with Gasteiger partial charge in [0.1, 0.15) is 5.75 Å². The van der Waals surface area contributed by atoms with Crippen LogP contribution in [0.4, 0.5) is 13.2 Å². The third-order valence-electron chi connectivity index (χ3n) is 4.16. The number of hydrogen-bond acceptors (Lipinski definition) is 3. The maximum Gasteiger partial charge on any atom is 0.434 e. The first-order chi connectivity index (χ1) is 13.4. The van der Waals surface area contributed by atoms with Gasteiger partial charge in [0.25, 0.3) is 5.91 Å². The third-order valence-corrected chi connectivity index (χ3v) is 4.16. The molecule has 2 aromatic carbocycles. The van der Waals surface area contributed by atoms with Crippen LogP contribution in [-0.2, 0) is 12.6 Å². The predicted octanol–water partition coefficient (Wildman–Crippen LogP) is 3.87. The van der Waals surface area contributed by atoms with E-state index in [9.17, 15) is 18.0 Å². The average Bonchev–Trinajstić information content (AvgIpc) is 3.15. The van der Waals surface area contributed by atoms with E-state index >= 15 is 0 Å². The van der Waals surface area contributed by atoms with Crippen LogP contribution in [0.3, 0.4) is 0 Å². The Kier molecular flexibility index (Phi) is 5.67. The topological polar surface area (TPSA) is 56.1 Å². The van der Waals surface area contributed by atoms with Crippen LogP contribution in [-0.4, -0.2) is 29.3 Å². The molecule has 0 aliphatic rings. The summed E-state index contributed by atoms with van der Waals surface area (Å²) in [6, 6.07) is 15.1. The van der Waals surface area contributed by atoms with Crippen LogP contribution in [0.15, 0.2) is 60.8 Å². The van der Waals surface area contributed by atoms with Crippen LogP contribution in [0, 0.1) is 0 Å². The summed E-state index contributed by atoms with van der Waals surface area (Å²) in [5.41, 5.74) is -0.547. The summed E-state index contributed by atoms with van der Waals surface area (Å²) in [6.07, 6.45) is -3.38. The molecule has 5 nitrogen and oxygen atoms in total. The highest BCUT2D eigenvalue weighted by atomic mass is 19.4. The molecule has 0 radical (unpaired) electrons. The molecule has 28 heavy (non-hydrogen) atoms. The number of halogens is 3. The fourth-order valence-corrected chi connectivity index (χ4v) is 2.87. The molecule has 146 valence electrons. The van der Waals surface area contributed by atoms with Crippen molar-refractivity contribution in [1.82, 2.24) is 15.1 Å². The molecule has 8 heteroatoms. The van der Waals surface area contributed by atoms with Gasteiger partial charge >= 0.3 is 6.18 Å². The summed E-state index contributed by atoms with van der Waals surface area (Å²) < 4.78 is 46.8. The van der Waals surface area contributed by atoms with Crippen LogP contribution in [0.1, 0.15) is 21.6 Å². The quantitative estimate of drug-likeness (QED) is 0.696. The number of nitrogens with one attached hydrogen (secondary N) is 1. The number of methoxy groups -OCH3 is 1. The number of rotatable bonds is 6. The molecule has 1 aromatic heterocycles. The molecule has 0 atom stereocenters. The fourth-order valence-electron chi connectivity index (χ4n) is 2.87. The highest BCUT2D eigenvalue weighted by Crippen LogP contribution is 2.33. The number of carbonyl (C=O) groups excluding carboxylic acids is 1. The Hall–Kier alpha value is -3.29. The first-order valence-electron chi connectivity index (χ1n) is 8.52. The standard InChI is InChI=1S/C20H18F3N3O2/c1-28-17-10-6-5-7-14(17)11-12-24-19(27)16-13-25-26(18(16)20(21,22)23)15-8-3-2-4-9-15/h2-10,13H,11-12H2,1H3,(H,24,27). The van der Waals surface area contributed by atoms with E-state index in [0.29, 0.717) is 12.2 Å². The maximum absolute atomic E-state index is 13.6. The van der Waals surface area contributed by atoms with E-state index in [1.54, 1.807) is 24.3 Å². The van der Waals surface area contributed by atoms with Crippen molar-refractivity contribution in [3.63, 3.8) is 0 Å². The smallest absolute Gasteiger partial charge is 0.434 e. The van der Waals surface area contributed by atoms with Crippen molar-refractivity contribution in [3.05, 3.63) is 77.6 Å². The molecule has 0 saturated carbocycles. The second-order valence-corrected chi connectivity index (χ2v) is 5.97. The van der Waals surface area contributed by atoms with E-state index in [0.717, 1.165) is 16.4 Å². The fraction of sp³-hybridized carbons (Fsp3) is 0.200. The maximum atomic E-state index is 13.6. The first-order valence-corrected chi connectivity index (χ1v) is 8.52. The lowest BCUT2D eigenvalue weighted by molar-refractivity contribution is -0.143. The van der Waals surface area contributed by atoms with E-state index in [-0.39, 0.29) is 12.2 Å². The number of benzene rings is 2. The van der Waals surface area contributed by atoms with Gasteiger partial charge in [-0.2, -0.15) is 18.3 Å². The number of para-hydroxylation sites is 2. The Bertz CT molecular complexity index is 953. The van der Waals surface area contributed by atoms with Crippen LogP contribution >= 0.6 is 0 Å². The highest BCUT2D eigenvalue weighted by Gasteiger charge is 2.40. The monoisotopic (exact) mass is 389 g/mol. The van der Waals surface area contributed by atoms with Gasteiger partial charge in [0.05, 0.1) is 24.6 Å². The van der Waals surface area contributed by atoms with Crippen molar-refractivity contribution < 1.29 is 22.7 Å². The SMILES string of the molecule is COc1ccccc1CCNC(=O)c1cnn(-c2ccccc2)c1C(F)(F)F. The number of ether oxygens (including phenoxy) is 1. The van der Waals surface area contributed by atoms with Crippen molar-refractivity contribution in [2.24, 2.45) is 0 Å². The normalized spacial score (nSPS) is 11.3. The summed E-state index contributed by atoms with van der Waals surface area (Å²) in [4.78, 5) is 12.4. The number of nitrogens with zero attached hydrogens (tertiary/aromatic N) is 2. The Labute approximate surface area is 159 Å². The molecular weight excluding hydrogens is 371 g/mol. The summed E-state index contributed by atoms with van der Waals surface area (Å²) in [6.45, 7) is 0.160. The van der Waals surface area contributed by atoms with Crippen LogP contribution < -0.4 is 10.1 Å². The Balaban J connectivity index is 1.79. The Morgan fingerprint density at radius 2 is 1.79 bits per heavy atom. The van der Waals surface area contributed by atoms with Gasteiger partial charge in [0, 0.05) is 6.54 Å². The second-order valence-electron chi connectivity index (χ2n) is 5.97. The Morgan fingerprint density at radius 1 is 1.11 bits per heavy atom. The predicted molar refractivity (Wildman–Crippen MR) is 97.6 cm³/mol. The summed E-state index contributed by atoms with van der Waals surface area (Å²) in [5.74, 6) is -0.172. The van der Waals surface area contributed by atoms with E-state index in [4.69, 9.17) is 4.74 Å². The number of alkyl halides is 3. The van der Waals surface area contributed by atoms with Crippen molar-refractivity contribution in [2.75, 3.05) is 13.7 Å². The second kappa shape index (κ2) is 8.16. The summed E-state index contributed by atoms with van der Waals surface area (Å²) in [7, 11) is 1.53. The third kappa shape index (κ3) is 4.16. The summed E-state index contributed by atoms with van der Waals surface area (Å²) >= 11 is 0.